The Kier molecular flexibility index (Phi) is 8.65. The van der Waals surface area contributed by atoms with Crippen LogP contribution in [0.3, 0.4) is 0 Å². The first kappa shape index (κ1) is 24.9. The molecule has 1 atom stereocenters. The summed E-state index contributed by atoms with van der Waals surface area (Å²) in [4.78, 5) is 24.8. The van der Waals surface area contributed by atoms with Crippen molar-refractivity contribution in [3.63, 3.8) is 0 Å². The van der Waals surface area contributed by atoms with E-state index in [0.29, 0.717) is 28.2 Å². The van der Waals surface area contributed by atoms with Crippen LogP contribution >= 0.6 is 39.3 Å². The van der Waals surface area contributed by atoms with Crippen molar-refractivity contribution in [3.8, 4) is 0 Å². The maximum absolute atomic E-state index is 13.9. The Morgan fingerprint density at radius 3 is 2.76 bits per heavy atom. The molecule has 2 N–H and O–H groups in total. The van der Waals surface area contributed by atoms with Gasteiger partial charge in [-0.2, -0.15) is 0 Å². The minimum absolute atomic E-state index is 0.0570. The van der Waals surface area contributed by atoms with Gasteiger partial charge in [-0.1, -0.05) is 41.6 Å². The summed E-state index contributed by atoms with van der Waals surface area (Å²) in [6, 6.07) is 10.3. The van der Waals surface area contributed by atoms with Crippen LogP contribution in [0.25, 0.3) is 0 Å². The van der Waals surface area contributed by atoms with E-state index in [9.17, 15) is 14.0 Å². The first-order chi connectivity index (χ1) is 15.8. The molecule has 11 heteroatoms. The Labute approximate surface area is 207 Å². The van der Waals surface area contributed by atoms with E-state index in [4.69, 9.17) is 11.6 Å². The van der Waals surface area contributed by atoms with Crippen molar-refractivity contribution in [1.29, 1.82) is 0 Å². The number of halogens is 3. The molecule has 0 fully saturated rings. The second-order valence-electron chi connectivity index (χ2n) is 6.88. The molecule has 3 rings (SSSR count). The van der Waals surface area contributed by atoms with E-state index in [1.54, 1.807) is 41.8 Å². The molecule has 0 bridgehead atoms. The van der Waals surface area contributed by atoms with Crippen LogP contribution in [0, 0.1) is 5.82 Å². The fourth-order valence-electron chi connectivity index (χ4n) is 2.91. The van der Waals surface area contributed by atoms with Gasteiger partial charge in [-0.15, -0.1) is 16.8 Å². The Morgan fingerprint density at radius 2 is 2.06 bits per heavy atom. The van der Waals surface area contributed by atoms with E-state index in [0.717, 1.165) is 4.47 Å². The number of anilines is 1. The first-order valence-corrected chi connectivity index (χ1v) is 11.9. The van der Waals surface area contributed by atoms with E-state index in [2.05, 4.69) is 43.3 Å². The molecule has 1 heterocycles. The van der Waals surface area contributed by atoms with Crippen LogP contribution in [0.4, 0.5) is 10.1 Å². The third-order valence-electron chi connectivity index (χ3n) is 4.45. The van der Waals surface area contributed by atoms with E-state index >= 15 is 0 Å². The van der Waals surface area contributed by atoms with Gasteiger partial charge in [-0.3, -0.25) is 9.59 Å². The minimum Gasteiger partial charge on any atom is -0.342 e. The van der Waals surface area contributed by atoms with Gasteiger partial charge in [-0.25, -0.2) is 4.39 Å². The van der Waals surface area contributed by atoms with Crippen molar-refractivity contribution >= 4 is 56.8 Å². The van der Waals surface area contributed by atoms with E-state index < -0.39 is 17.8 Å². The predicted molar refractivity (Wildman–Crippen MR) is 131 cm³/mol. The number of nitrogens with zero attached hydrogens (tertiary/aromatic N) is 3. The summed E-state index contributed by atoms with van der Waals surface area (Å²) in [6.45, 7) is 5.84. The maximum atomic E-state index is 13.9. The number of hydrogen-bond acceptors (Lipinski definition) is 5. The van der Waals surface area contributed by atoms with Gasteiger partial charge in [0.2, 0.25) is 5.91 Å². The minimum atomic E-state index is -0.607. The van der Waals surface area contributed by atoms with Crippen LogP contribution in [0.5, 0.6) is 0 Å². The number of carbonyl (C=O) groups excluding carboxylic acids is 2. The lowest BCUT2D eigenvalue weighted by Gasteiger charge is -2.15. The van der Waals surface area contributed by atoms with Gasteiger partial charge >= 0.3 is 0 Å². The normalized spacial score (nSPS) is 11.6. The van der Waals surface area contributed by atoms with Crippen molar-refractivity contribution in [2.75, 3.05) is 11.1 Å². The smallest absolute Gasteiger partial charge is 0.254 e. The first-order valence-electron chi connectivity index (χ1n) is 9.77. The molecule has 0 aliphatic rings. The Balaban J connectivity index is 1.67. The molecule has 3 aromatic rings. The van der Waals surface area contributed by atoms with Crippen LogP contribution < -0.4 is 10.6 Å². The number of amides is 2. The van der Waals surface area contributed by atoms with Crippen molar-refractivity contribution in [3.05, 3.63) is 81.8 Å². The van der Waals surface area contributed by atoms with Crippen LogP contribution in [0.15, 0.2) is 64.7 Å². The molecule has 0 radical (unpaired) electrons. The van der Waals surface area contributed by atoms with Gasteiger partial charge in [0.25, 0.3) is 5.91 Å². The summed E-state index contributed by atoms with van der Waals surface area (Å²) in [6.07, 6.45) is 1.66. The summed E-state index contributed by atoms with van der Waals surface area (Å²) in [5.41, 5.74) is 0.518. The lowest BCUT2D eigenvalue weighted by atomic mass is 10.2. The van der Waals surface area contributed by atoms with Crippen LogP contribution in [0.1, 0.15) is 29.1 Å². The fraction of sp³-hybridized carbons (Fsp3) is 0.182. The van der Waals surface area contributed by atoms with Crippen LogP contribution in [-0.4, -0.2) is 32.3 Å². The number of rotatable bonds is 9. The number of benzene rings is 2. The quantitative estimate of drug-likeness (QED) is 0.280. The summed E-state index contributed by atoms with van der Waals surface area (Å²) >= 11 is 10.6. The third kappa shape index (κ3) is 6.43. The summed E-state index contributed by atoms with van der Waals surface area (Å²) < 4.78 is 16.4. The van der Waals surface area contributed by atoms with E-state index in [1.807, 2.05) is 0 Å². The average molecular weight is 553 g/mol. The van der Waals surface area contributed by atoms with Gasteiger partial charge in [0.05, 0.1) is 22.4 Å². The van der Waals surface area contributed by atoms with Gasteiger partial charge in [0, 0.05) is 16.7 Å². The molecular formula is C22H20BrClFN5O2S. The fourth-order valence-corrected chi connectivity index (χ4v) is 4.10. The summed E-state index contributed by atoms with van der Waals surface area (Å²) in [5.74, 6) is -0.866. The van der Waals surface area contributed by atoms with Crippen molar-refractivity contribution in [2.24, 2.45) is 0 Å². The molecule has 0 unspecified atom stereocenters. The molecular weight excluding hydrogens is 533 g/mol. The molecule has 172 valence electrons. The highest BCUT2D eigenvalue weighted by Gasteiger charge is 2.21. The van der Waals surface area contributed by atoms with Gasteiger partial charge in [0.1, 0.15) is 5.82 Å². The zero-order valence-electron chi connectivity index (χ0n) is 17.5. The lowest BCUT2D eigenvalue weighted by molar-refractivity contribution is -0.113. The van der Waals surface area contributed by atoms with Gasteiger partial charge < -0.3 is 15.2 Å². The SMILES string of the molecule is C=CCn1c(SCC(=O)Nc2ccc(Br)c(Cl)c2)nnc1[C@H](C)NC(=O)c1ccccc1F. The highest BCUT2D eigenvalue weighted by molar-refractivity contribution is 9.10. The van der Waals surface area contributed by atoms with Crippen LogP contribution in [-0.2, 0) is 11.3 Å². The Morgan fingerprint density at radius 1 is 1.30 bits per heavy atom. The van der Waals surface area contributed by atoms with Crippen molar-refractivity contribution < 1.29 is 14.0 Å². The highest BCUT2D eigenvalue weighted by Crippen LogP contribution is 2.26. The van der Waals surface area contributed by atoms with E-state index in [1.165, 1.54) is 30.0 Å². The summed E-state index contributed by atoms with van der Waals surface area (Å²) in [5, 5.41) is 14.8. The molecule has 0 saturated carbocycles. The van der Waals surface area contributed by atoms with Gasteiger partial charge in [0.15, 0.2) is 11.0 Å². The largest absolute Gasteiger partial charge is 0.342 e. The van der Waals surface area contributed by atoms with Crippen molar-refractivity contribution in [2.45, 2.75) is 24.7 Å². The second kappa shape index (κ2) is 11.4. The monoisotopic (exact) mass is 551 g/mol. The highest BCUT2D eigenvalue weighted by atomic mass is 79.9. The Hall–Kier alpha value is -2.69. The number of nitrogens with one attached hydrogen (secondary N) is 2. The second-order valence-corrected chi connectivity index (χ2v) is 9.08. The molecule has 0 saturated heterocycles. The zero-order valence-corrected chi connectivity index (χ0v) is 20.7. The van der Waals surface area contributed by atoms with Gasteiger partial charge in [-0.05, 0) is 53.2 Å². The average Bonchev–Trinajstić information content (AvgIpc) is 3.18. The number of hydrogen-bond donors (Lipinski definition) is 2. The van der Waals surface area contributed by atoms with Crippen LogP contribution in [0.2, 0.25) is 5.02 Å². The zero-order chi connectivity index (χ0) is 24.0. The molecule has 7 nitrogen and oxygen atoms in total. The molecule has 33 heavy (non-hydrogen) atoms. The molecule has 0 spiro atoms. The third-order valence-corrected chi connectivity index (χ3v) is 6.65. The number of aromatic nitrogens is 3. The number of thioether (sulfide) groups is 1. The number of allylic oxidation sites excluding steroid dienone is 1. The molecule has 2 amide bonds. The molecule has 0 aliphatic carbocycles. The topological polar surface area (TPSA) is 88.9 Å². The molecule has 2 aromatic carbocycles. The van der Waals surface area contributed by atoms with Crippen molar-refractivity contribution in [1.82, 2.24) is 20.1 Å². The molecule has 0 aliphatic heterocycles. The molecule has 1 aromatic heterocycles. The summed E-state index contributed by atoms with van der Waals surface area (Å²) in [7, 11) is 0. The van der Waals surface area contributed by atoms with E-state index in [-0.39, 0.29) is 17.2 Å². The maximum Gasteiger partial charge on any atom is 0.254 e. The number of carbonyl (C=O) groups is 2. The Bertz CT molecular complexity index is 1190. The predicted octanol–water partition coefficient (Wildman–Crippen LogP) is 5.24. The lowest BCUT2D eigenvalue weighted by Crippen LogP contribution is -2.29. The standard InChI is InChI=1S/C22H20BrClFN5O2S/c1-3-10-30-20(13(2)26-21(32)15-6-4-5-7-18(15)25)28-29-22(30)33-12-19(31)27-14-8-9-16(23)17(24)11-14/h3-9,11,13H,1,10,12H2,2H3,(H,26,32)(H,27,31)/t13-/m0/s1.